The number of hydrogen-bond acceptors (Lipinski definition) is 6. The molecule has 2 heterocycles. The molecular weight excluding hydrogens is 214 g/mol. The molecular formula is C8H11N5OS. The molecule has 2 aromatic heterocycles. The molecule has 0 fully saturated rings. The highest BCUT2D eigenvalue weighted by Crippen LogP contribution is 2.19. The summed E-state index contributed by atoms with van der Waals surface area (Å²) in [5.41, 5.74) is 5.44. The smallest absolute Gasteiger partial charge is 0.209 e. The van der Waals surface area contributed by atoms with Crippen molar-refractivity contribution in [1.82, 2.24) is 20.2 Å². The van der Waals surface area contributed by atoms with Crippen LogP contribution in [0.2, 0.25) is 0 Å². The second kappa shape index (κ2) is 4.94. The van der Waals surface area contributed by atoms with Crippen LogP contribution < -0.4 is 5.73 Å². The first-order valence-electron chi connectivity index (χ1n) is 4.51. The van der Waals surface area contributed by atoms with Gasteiger partial charge in [-0.3, -0.25) is 0 Å². The number of nitrogens with two attached hydrogens (primary N) is 1. The highest BCUT2D eigenvalue weighted by molar-refractivity contribution is 7.98. The Balaban J connectivity index is 1.95. The highest BCUT2D eigenvalue weighted by atomic mass is 32.2. The lowest BCUT2D eigenvalue weighted by molar-refractivity contribution is 0.528. The summed E-state index contributed by atoms with van der Waals surface area (Å²) in [5.74, 6) is 1.63. The molecule has 6 nitrogen and oxygen atoms in total. The molecule has 2 aromatic rings. The van der Waals surface area contributed by atoms with Gasteiger partial charge < -0.3 is 10.2 Å². The Kier molecular flexibility index (Phi) is 3.36. The van der Waals surface area contributed by atoms with E-state index in [1.807, 2.05) is 12.1 Å². The molecule has 0 unspecified atom stereocenters. The zero-order chi connectivity index (χ0) is 10.5. The van der Waals surface area contributed by atoms with E-state index in [2.05, 4.69) is 15.5 Å². The van der Waals surface area contributed by atoms with E-state index in [1.54, 1.807) is 10.9 Å². The van der Waals surface area contributed by atoms with Crippen molar-refractivity contribution in [3.8, 4) is 0 Å². The van der Waals surface area contributed by atoms with Crippen LogP contribution in [-0.4, -0.2) is 26.8 Å². The van der Waals surface area contributed by atoms with E-state index in [0.717, 1.165) is 16.7 Å². The standard InChI is InChI=1S/C8H11N5OS/c9-3-4-13-8(10-11-12-13)15-6-7-2-1-5-14-7/h1-2,5H,3-4,6,9H2. The monoisotopic (exact) mass is 225 g/mol. The van der Waals surface area contributed by atoms with Crippen molar-refractivity contribution >= 4 is 11.8 Å². The van der Waals surface area contributed by atoms with Crippen LogP contribution in [0.5, 0.6) is 0 Å². The maximum absolute atomic E-state index is 5.44. The van der Waals surface area contributed by atoms with Gasteiger partial charge in [0.05, 0.1) is 18.6 Å². The molecule has 2 rings (SSSR count). The molecule has 80 valence electrons. The van der Waals surface area contributed by atoms with Gasteiger partial charge in [-0.25, -0.2) is 4.68 Å². The number of thioether (sulfide) groups is 1. The molecule has 0 saturated carbocycles. The van der Waals surface area contributed by atoms with Gasteiger partial charge in [-0.15, -0.1) is 5.10 Å². The first-order chi connectivity index (χ1) is 7.40. The maximum Gasteiger partial charge on any atom is 0.209 e. The quantitative estimate of drug-likeness (QED) is 0.747. The van der Waals surface area contributed by atoms with E-state index in [1.165, 1.54) is 11.8 Å². The lowest BCUT2D eigenvalue weighted by Gasteiger charge is -2.00. The maximum atomic E-state index is 5.44. The van der Waals surface area contributed by atoms with Crippen molar-refractivity contribution < 1.29 is 4.42 Å². The van der Waals surface area contributed by atoms with Crippen molar-refractivity contribution in [2.24, 2.45) is 5.73 Å². The van der Waals surface area contributed by atoms with Gasteiger partial charge in [0, 0.05) is 6.54 Å². The fourth-order valence-corrected chi connectivity index (χ4v) is 1.90. The molecule has 0 aliphatic heterocycles. The number of rotatable bonds is 5. The summed E-state index contributed by atoms with van der Waals surface area (Å²) in [6.07, 6.45) is 1.65. The molecule has 0 aromatic carbocycles. The number of tetrazole rings is 1. The lowest BCUT2D eigenvalue weighted by Crippen LogP contribution is -2.12. The van der Waals surface area contributed by atoms with Gasteiger partial charge in [0.25, 0.3) is 0 Å². The number of aromatic nitrogens is 4. The van der Waals surface area contributed by atoms with Crippen molar-refractivity contribution in [2.75, 3.05) is 6.54 Å². The van der Waals surface area contributed by atoms with Crippen LogP contribution in [-0.2, 0) is 12.3 Å². The van der Waals surface area contributed by atoms with Crippen molar-refractivity contribution in [2.45, 2.75) is 17.5 Å². The van der Waals surface area contributed by atoms with E-state index in [9.17, 15) is 0 Å². The van der Waals surface area contributed by atoms with Gasteiger partial charge in [-0.2, -0.15) is 0 Å². The molecule has 0 saturated heterocycles. The molecule has 2 N–H and O–H groups in total. The normalized spacial score (nSPS) is 10.7. The van der Waals surface area contributed by atoms with Crippen molar-refractivity contribution in [1.29, 1.82) is 0 Å². The van der Waals surface area contributed by atoms with Gasteiger partial charge in [0.1, 0.15) is 5.76 Å². The Bertz CT molecular complexity index is 399. The fourth-order valence-electron chi connectivity index (χ4n) is 1.09. The molecule has 0 amide bonds. The lowest BCUT2D eigenvalue weighted by atomic mass is 10.5. The summed E-state index contributed by atoms with van der Waals surface area (Å²) in [7, 11) is 0. The molecule has 0 atom stereocenters. The summed E-state index contributed by atoms with van der Waals surface area (Å²) < 4.78 is 6.90. The minimum Gasteiger partial charge on any atom is -0.468 e. The Morgan fingerprint density at radius 3 is 3.20 bits per heavy atom. The van der Waals surface area contributed by atoms with Crippen LogP contribution in [0.25, 0.3) is 0 Å². The van der Waals surface area contributed by atoms with Crippen LogP contribution in [0.1, 0.15) is 5.76 Å². The van der Waals surface area contributed by atoms with Gasteiger partial charge >= 0.3 is 0 Å². The third-order valence-electron chi connectivity index (χ3n) is 1.76. The average molecular weight is 225 g/mol. The summed E-state index contributed by atoms with van der Waals surface area (Å²) in [6.45, 7) is 1.16. The number of furan rings is 1. The SMILES string of the molecule is NCCn1nnnc1SCc1ccco1. The minimum absolute atomic E-state index is 0.527. The van der Waals surface area contributed by atoms with Crippen LogP contribution >= 0.6 is 11.8 Å². The summed E-state index contributed by atoms with van der Waals surface area (Å²) in [5, 5.41) is 12.1. The van der Waals surface area contributed by atoms with Gasteiger partial charge in [0.2, 0.25) is 5.16 Å². The molecule has 7 heteroatoms. The average Bonchev–Trinajstić information content (AvgIpc) is 2.85. The van der Waals surface area contributed by atoms with Gasteiger partial charge in [-0.1, -0.05) is 11.8 Å². The minimum atomic E-state index is 0.527. The second-order valence-electron chi connectivity index (χ2n) is 2.84. The number of hydrogen-bond donors (Lipinski definition) is 1. The molecule has 0 aliphatic rings. The fraction of sp³-hybridized carbons (Fsp3) is 0.375. The van der Waals surface area contributed by atoms with Crippen LogP contribution in [0.15, 0.2) is 28.0 Å². The van der Waals surface area contributed by atoms with Crippen LogP contribution in [0.3, 0.4) is 0 Å². The Hall–Kier alpha value is -1.34. The third kappa shape index (κ3) is 2.57. The van der Waals surface area contributed by atoms with E-state index in [-0.39, 0.29) is 0 Å². The zero-order valence-corrected chi connectivity index (χ0v) is 8.85. The summed E-state index contributed by atoms with van der Waals surface area (Å²) in [6, 6.07) is 3.78. The summed E-state index contributed by atoms with van der Waals surface area (Å²) >= 11 is 1.53. The Morgan fingerprint density at radius 1 is 1.53 bits per heavy atom. The first-order valence-corrected chi connectivity index (χ1v) is 5.50. The van der Waals surface area contributed by atoms with Crippen molar-refractivity contribution in [3.63, 3.8) is 0 Å². The molecule has 0 radical (unpaired) electrons. The topological polar surface area (TPSA) is 82.8 Å². The first kappa shape index (κ1) is 10.2. The van der Waals surface area contributed by atoms with E-state index >= 15 is 0 Å². The van der Waals surface area contributed by atoms with Gasteiger partial charge in [0.15, 0.2) is 0 Å². The molecule has 0 bridgehead atoms. The van der Waals surface area contributed by atoms with Gasteiger partial charge in [-0.05, 0) is 22.6 Å². The zero-order valence-electron chi connectivity index (χ0n) is 8.04. The molecule has 0 spiro atoms. The summed E-state index contributed by atoms with van der Waals surface area (Å²) in [4.78, 5) is 0. The Labute approximate surface area is 90.8 Å². The molecule has 0 aliphatic carbocycles. The van der Waals surface area contributed by atoms with E-state index < -0.39 is 0 Å². The molecule has 15 heavy (non-hydrogen) atoms. The predicted molar refractivity (Wildman–Crippen MR) is 55.1 cm³/mol. The largest absolute Gasteiger partial charge is 0.468 e. The highest BCUT2D eigenvalue weighted by Gasteiger charge is 2.06. The number of nitrogens with zero attached hydrogens (tertiary/aromatic N) is 4. The second-order valence-corrected chi connectivity index (χ2v) is 3.78. The van der Waals surface area contributed by atoms with Crippen molar-refractivity contribution in [3.05, 3.63) is 24.2 Å². The van der Waals surface area contributed by atoms with Crippen LogP contribution in [0.4, 0.5) is 0 Å². The predicted octanol–water partition coefficient (Wildman–Crippen LogP) is 0.517. The van der Waals surface area contributed by atoms with Crippen LogP contribution in [0, 0.1) is 0 Å². The van der Waals surface area contributed by atoms with E-state index in [0.29, 0.717) is 13.1 Å². The third-order valence-corrected chi connectivity index (χ3v) is 2.74. The Morgan fingerprint density at radius 2 is 2.47 bits per heavy atom. The van der Waals surface area contributed by atoms with E-state index in [4.69, 9.17) is 10.2 Å².